The second kappa shape index (κ2) is 7.92. The van der Waals surface area contributed by atoms with Crippen LogP contribution in [0.5, 0.6) is 0 Å². The van der Waals surface area contributed by atoms with Gasteiger partial charge in [-0.15, -0.1) is 0 Å². The molecule has 4 rings (SSSR count). The van der Waals surface area contributed by atoms with E-state index < -0.39 is 0 Å². The molecule has 0 spiro atoms. The molecule has 0 aliphatic carbocycles. The number of aromatic nitrogens is 4. The monoisotopic (exact) mass is 429 g/mol. The van der Waals surface area contributed by atoms with E-state index in [1.807, 2.05) is 7.05 Å². The lowest BCUT2D eigenvalue weighted by molar-refractivity contribution is 0.502. The van der Waals surface area contributed by atoms with Crippen molar-refractivity contribution in [1.29, 1.82) is 0 Å². The molecule has 1 aromatic carbocycles. The van der Waals surface area contributed by atoms with Crippen LogP contribution in [0.2, 0.25) is 0 Å². The van der Waals surface area contributed by atoms with Gasteiger partial charge in [-0.05, 0) is 40.8 Å². The average molecular weight is 430 g/mol. The van der Waals surface area contributed by atoms with Gasteiger partial charge >= 0.3 is 0 Å². The predicted octanol–water partition coefficient (Wildman–Crippen LogP) is 2.95. The van der Waals surface area contributed by atoms with Crippen LogP contribution in [0.1, 0.15) is 30.9 Å². The molecule has 1 aliphatic heterocycles. The summed E-state index contributed by atoms with van der Waals surface area (Å²) in [5, 5.41) is 5.36. The summed E-state index contributed by atoms with van der Waals surface area (Å²) in [5.41, 5.74) is 9.05. The Kier molecular flexibility index (Phi) is 5.38. The van der Waals surface area contributed by atoms with E-state index >= 15 is 0 Å². The maximum absolute atomic E-state index is 4.49. The number of nitrogens with one attached hydrogen (secondary N) is 2. The number of halogens is 1. The number of hydrogen-bond donors (Lipinski definition) is 2. The summed E-state index contributed by atoms with van der Waals surface area (Å²) in [6.07, 6.45) is 4.92. The van der Waals surface area contributed by atoms with Crippen LogP contribution in [-0.4, -0.2) is 39.4 Å². The van der Waals surface area contributed by atoms with Crippen molar-refractivity contribution in [3.8, 4) is 0 Å². The van der Waals surface area contributed by atoms with E-state index in [1.54, 1.807) is 11.0 Å². The standard InChI is InChI=1S/C19H24BrN7/c1-26(18-16-17(20)25-27(2)19(16)22-12-21-18)10-6-9-14-11-15(24-23-14)13-7-4-3-5-8-13/h3-5,7-8,12,14-15,23-24H,6,9-11H2,1-2H3. The topological polar surface area (TPSA) is 70.9 Å². The van der Waals surface area contributed by atoms with Gasteiger partial charge < -0.3 is 4.90 Å². The second-order valence-electron chi connectivity index (χ2n) is 7.06. The van der Waals surface area contributed by atoms with E-state index in [1.165, 1.54) is 5.56 Å². The highest BCUT2D eigenvalue weighted by Gasteiger charge is 2.24. The van der Waals surface area contributed by atoms with Crippen LogP contribution in [0.4, 0.5) is 5.82 Å². The van der Waals surface area contributed by atoms with Gasteiger partial charge in [0.1, 0.15) is 16.7 Å². The maximum Gasteiger partial charge on any atom is 0.164 e. The molecule has 142 valence electrons. The lowest BCUT2D eigenvalue weighted by atomic mass is 10.00. The summed E-state index contributed by atoms with van der Waals surface area (Å²) < 4.78 is 2.56. The molecule has 0 radical (unpaired) electrons. The molecule has 1 aliphatic rings. The Hall–Kier alpha value is -2.03. The number of rotatable bonds is 6. The van der Waals surface area contributed by atoms with E-state index in [0.717, 1.165) is 47.3 Å². The number of hydrogen-bond acceptors (Lipinski definition) is 6. The first kappa shape index (κ1) is 18.3. The van der Waals surface area contributed by atoms with Crippen molar-refractivity contribution in [3.05, 3.63) is 46.8 Å². The van der Waals surface area contributed by atoms with Gasteiger partial charge in [0, 0.05) is 32.7 Å². The highest BCUT2D eigenvalue weighted by molar-refractivity contribution is 9.10. The van der Waals surface area contributed by atoms with Crippen LogP contribution in [0, 0.1) is 0 Å². The number of nitrogens with zero attached hydrogens (tertiary/aromatic N) is 5. The Morgan fingerprint density at radius 1 is 1.22 bits per heavy atom. The Labute approximate surface area is 167 Å². The predicted molar refractivity (Wildman–Crippen MR) is 110 cm³/mol. The Bertz CT molecular complexity index is 911. The highest BCUT2D eigenvalue weighted by Crippen LogP contribution is 2.29. The van der Waals surface area contributed by atoms with Crippen molar-refractivity contribution in [3.63, 3.8) is 0 Å². The van der Waals surface area contributed by atoms with E-state index in [2.05, 4.69) is 84.1 Å². The molecule has 2 aromatic heterocycles. The van der Waals surface area contributed by atoms with Crippen molar-refractivity contribution < 1.29 is 0 Å². The number of anilines is 1. The van der Waals surface area contributed by atoms with E-state index in [9.17, 15) is 0 Å². The smallest absolute Gasteiger partial charge is 0.164 e. The molecule has 1 fully saturated rings. The molecule has 2 N–H and O–H groups in total. The molecule has 3 heterocycles. The zero-order valence-electron chi connectivity index (χ0n) is 15.6. The fraction of sp³-hybridized carbons (Fsp3) is 0.421. The summed E-state index contributed by atoms with van der Waals surface area (Å²) in [5.74, 6) is 0.916. The van der Waals surface area contributed by atoms with E-state index in [-0.39, 0.29) is 0 Å². The normalized spacial score (nSPS) is 19.7. The molecule has 0 bridgehead atoms. The number of fused-ring (bicyclic) bond motifs is 1. The molecule has 8 heteroatoms. The van der Waals surface area contributed by atoms with Crippen molar-refractivity contribution in [1.82, 2.24) is 30.6 Å². The first-order chi connectivity index (χ1) is 13.1. The summed E-state index contributed by atoms with van der Waals surface area (Å²) in [6.45, 7) is 0.932. The van der Waals surface area contributed by atoms with Gasteiger partial charge in [0.25, 0.3) is 0 Å². The zero-order valence-corrected chi connectivity index (χ0v) is 17.1. The second-order valence-corrected chi connectivity index (χ2v) is 7.81. The molecule has 1 saturated heterocycles. The van der Waals surface area contributed by atoms with Crippen LogP contribution in [0.15, 0.2) is 41.3 Å². The quantitative estimate of drug-likeness (QED) is 0.627. The van der Waals surface area contributed by atoms with Crippen LogP contribution >= 0.6 is 15.9 Å². The maximum atomic E-state index is 4.49. The summed E-state index contributed by atoms with van der Waals surface area (Å²) in [6, 6.07) is 11.5. The van der Waals surface area contributed by atoms with E-state index in [4.69, 9.17) is 0 Å². The third-order valence-corrected chi connectivity index (χ3v) is 5.70. The minimum atomic E-state index is 0.391. The summed E-state index contributed by atoms with van der Waals surface area (Å²) in [7, 11) is 3.97. The van der Waals surface area contributed by atoms with Gasteiger partial charge in [0.15, 0.2) is 5.65 Å². The minimum absolute atomic E-state index is 0.391. The van der Waals surface area contributed by atoms with Gasteiger partial charge in [-0.2, -0.15) is 5.10 Å². The fourth-order valence-electron chi connectivity index (χ4n) is 3.71. The third kappa shape index (κ3) is 3.83. The Morgan fingerprint density at radius 3 is 2.85 bits per heavy atom. The zero-order chi connectivity index (χ0) is 18.8. The summed E-state index contributed by atoms with van der Waals surface area (Å²) >= 11 is 3.53. The van der Waals surface area contributed by atoms with Crippen LogP contribution in [0.25, 0.3) is 11.0 Å². The van der Waals surface area contributed by atoms with Gasteiger partial charge in [0.2, 0.25) is 0 Å². The first-order valence-electron chi connectivity index (χ1n) is 9.24. The molecule has 3 aromatic rings. The third-order valence-electron chi connectivity index (χ3n) is 5.15. The Morgan fingerprint density at radius 2 is 2.04 bits per heavy atom. The molecule has 2 unspecified atom stereocenters. The van der Waals surface area contributed by atoms with Crippen molar-refractivity contribution in [2.45, 2.75) is 31.3 Å². The lowest BCUT2D eigenvalue weighted by Crippen LogP contribution is -2.31. The van der Waals surface area contributed by atoms with Crippen LogP contribution in [0.3, 0.4) is 0 Å². The molecule has 0 saturated carbocycles. The lowest BCUT2D eigenvalue weighted by Gasteiger charge is -2.19. The van der Waals surface area contributed by atoms with Crippen LogP contribution in [-0.2, 0) is 7.05 Å². The molecular weight excluding hydrogens is 406 g/mol. The SMILES string of the molecule is CN(CCCC1CC(c2ccccc2)NN1)c1ncnc2c1c(Br)nn2C. The molecule has 2 atom stereocenters. The van der Waals surface area contributed by atoms with Crippen molar-refractivity contribution in [2.24, 2.45) is 7.05 Å². The number of aryl methyl sites for hydroxylation is 1. The highest BCUT2D eigenvalue weighted by atomic mass is 79.9. The van der Waals surface area contributed by atoms with Crippen molar-refractivity contribution in [2.75, 3.05) is 18.5 Å². The molecule has 7 nitrogen and oxygen atoms in total. The summed E-state index contributed by atoms with van der Waals surface area (Å²) in [4.78, 5) is 11.0. The van der Waals surface area contributed by atoms with Gasteiger partial charge in [-0.3, -0.25) is 10.9 Å². The average Bonchev–Trinajstić information content (AvgIpc) is 3.27. The fourth-order valence-corrected chi connectivity index (χ4v) is 4.30. The largest absolute Gasteiger partial charge is 0.359 e. The van der Waals surface area contributed by atoms with Crippen molar-refractivity contribution >= 4 is 32.8 Å². The molecule has 27 heavy (non-hydrogen) atoms. The number of hydrazine groups is 1. The molecular formula is C19H24BrN7. The first-order valence-corrected chi connectivity index (χ1v) is 10.0. The van der Waals surface area contributed by atoms with Gasteiger partial charge in [-0.25, -0.2) is 14.6 Å². The Balaban J connectivity index is 1.34. The molecule has 0 amide bonds. The van der Waals surface area contributed by atoms with Gasteiger partial charge in [-0.1, -0.05) is 30.3 Å². The van der Waals surface area contributed by atoms with E-state index in [0.29, 0.717) is 12.1 Å². The minimum Gasteiger partial charge on any atom is -0.359 e. The number of benzene rings is 1. The van der Waals surface area contributed by atoms with Crippen LogP contribution < -0.4 is 15.8 Å². The van der Waals surface area contributed by atoms with Gasteiger partial charge in [0.05, 0.1) is 5.39 Å².